The number of aromatic nitrogens is 2. The van der Waals surface area contributed by atoms with Crippen molar-refractivity contribution in [2.75, 3.05) is 16.8 Å². The minimum absolute atomic E-state index is 0.168. The van der Waals surface area contributed by atoms with Crippen molar-refractivity contribution in [1.82, 2.24) is 9.97 Å². The molecule has 0 fully saturated rings. The second-order valence-electron chi connectivity index (χ2n) is 6.59. The van der Waals surface area contributed by atoms with E-state index >= 15 is 0 Å². The topological polar surface area (TPSA) is 50.3 Å². The summed E-state index contributed by atoms with van der Waals surface area (Å²) in [7, 11) is 0. The van der Waals surface area contributed by atoms with Crippen LogP contribution in [-0.4, -0.2) is 22.6 Å². The van der Waals surface area contributed by atoms with Crippen LogP contribution >= 0.6 is 0 Å². The Labute approximate surface area is 153 Å². The number of ether oxygens (including phenoxy) is 1. The second-order valence-corrected chi connectivity index (χ2v) is 6.59. The number of anilines is 4. The van der Waals surface area contributed by atoms with Crippen molar-refractivity contribution in [3.8, 4) is 5.75 Å². The largest absolute Gasteiger partial charge is 0.491 e. The number of nitrogens with zero attached hydrogens (tertiary/aromatic N) is 3. The average Bonchev–Trinajstić information content (AvgIpc) is 3.07. The van der Waals surface area contributed by atoms with Crippen LogP contribution in [0.5, 0.6) is 5.75 Å². The first-order valence-electron chi connectivity index (χ1n) is 8.91. The Morgan fingerprint density at radius 1 is 1.04 bits per heavy atom. The molecule has 4 rings (SSSR count). The molecule has 0 saturated carbocycles. The summed E-state index contributed by atoms with van der Waals surface area (Å²) in [6.07, 6.45) is 2.98. The lowest BCUT2D eigenvalue weighted by atomic mass is 10.2. The molecule has 0 spiro atoms. The van der Waals surface area contributed by atoms with Gasteiger partial charge in [-0.15, -0.1) is 0 Å². The van der Waals surface area contributed by atoms with Gasteiger partial charge in [-0.2, -0.15) is 4.98 Å². The number of benzene rings is 2. The van der Waals surface area contributed by atoms with Gasteiger partial charge in [-0.05, 0) is 62.2 Å². The van der Waals surface area contributed by atoms with E-state index in [-0.39, 0.29) is 6.10 Å². The smallest absolute Gasteiger partial charge is 0.231 e. The van der Waals surface area contributed by atoms with Crippen LogP contribution in [0.2, 0.25) is 0 Å². The molecule has 2 heterocycles. The first-order chi connectivity index (χ1) is 12.7. The number of fused-ring (bicyclic) bond motifs is 1. The molecular weight excluding hydrogens is 324 g/mol. The molecule has 132 valence electrons. The van der Waals surface area contributed by atoms with Crippen LogP contribution in [0.15, 0.2) is 60.8 Å². The molecule has 5 nitrogen and oxygen atoms in total. The minimum atomic E-state index is 0.168. The third-order valence-electron chi connectivity index (χ3n) is 4.27. The molecular formula is C21H22N4O. The fraction of sp³-hybridized carbons (Fsp3) is 0.238. The van der Waals surface area contributed by atoms with Gasteiger partial charge in [-0.1, -0.05) is 18.2 Å². The third-order valence-corrected chi connectivity index (χ3v) is 4.27. The van der Waals surface area contributed by atoms with Crippen molar-refractivity contribution in [2.24, 2.45) is 0 Å². The second kappa shape index (κ2) is 7.04. The molecule has 0 radical (unpaired) electrons. The summed E-state index contributed by atoms with van der Waals surface area (Å²) >= 11 is 0. The van der Waals surface area contributed by atoms with Crippen LogP contribution in [0.1, 0.15) is 19.4 Å². The van der Waals surface area contributed by atoms with Crippen molar-refractivity contribution in [1.29, 1.82) is 0 Å². The van der Waals surface area contributed by atoms with Crippen molar-refractivity contribution < 1.29 is 4.74 Å². The maximum Gasteiger partial charge on any atom is 0.231 e. The molecule has 0 aliphatic carbocycles. The highest BCUT2D eigenvalue weighted by molar-refractivity contribution is 5.67. The first-order valence-corrected chi connectivity index (χ1v) is 8.91. The van der Waals surface area contributed by atoms with Crippen molar-refractivity contribution in [3.63, 3.8) is 0 Å². The van der Waals surface area contributed by atoms with Crippen LogP contribution in [0.25, 0.3) is 0 Å². The molecule has 0 saturated heterocycles. The summed E-state index contributed by atoms with van der Waals surface area (Å²) in [4.78, 5) is 11.3. The van der Waals surface area contributed by atoms with Gasteiger partial charge in [0, 0.05) is 24.1 Å². The van der Waals surface area contributed by atoms with Gasteiger partial charge in [0.15, 0.2) is 0 Å². The quantitative estimate of drug-likeness (QED) is 0.725. The molecule has 1 aromatic heterocycles. The van der Waals surface area contributed by atoms with Gasteiger partial charge in [-0.3, -0.25) is 0 Å². The number of hydrogen-bond acceptors (Lipinski definition) is 5. The van der Waals surface area contributed by atoms with E-state index in [0.29, 0.717) is 0 Å². The number of para-hydroxylation sites is 1. The molecule has 3 aromatic rings. The predicted octanol–water partition coefficient (Wildman–Crippen LogP) is 4.70. The highest BCUT2D eigenvalue weighted by atomic mass is 16.5. The molecule has 0 amide bonds. The zero-order chi connectivity index (χ0) is 17.9. The fourth-order valence-corrected chi connectivity index (χ4v) is 3.13. The van der Waals surface area contributed by atoms with E-state index in [1.165, 1.54) is 11.3 Å². The van der Waals surface area contributed by atoms with Crippen LogP contribution in [0, 0.1) is 0 Å². The molecule has 0 bridgehead atoms. The standard InChI is InChI=1S/C21H22N4O/c1-15(2)26-18-9-7-17(8-10-18)23-20-11-13-22-21(24-20)25-14-12-16-5-3-4-6-19(16)25/h3-11,13,15H,12,14H2,1-2H3,(H,22,23,24). The van der Waals surface area contributed by atoms with Gasteiger partial charge in [0.1, 0.15) is 11.6 Å². The van der Waals surface area contributed by atoms with Crippen molar-refractivity contribution >= 4 is 23.1 Å². The fourth-order valence-electron chi connectivity index (χ4n) is 3.13. The highest BCUT2D eigenvalue weighted by Crippen LogP contribution is 2.32. The zero-order valence-electron chi connectivity index (χ0n) is 15.0. The summed E-state index contributed by atoms with van der Waals surface area (Å²) < 4.78 is 5.68. The monoisotopic (exact) mass is 346 g/mol. The first kappa shape index (κ1) is 16.4. The summed E-state index contributed by atoms with van der Waals surface area (Å²) in [5.74, 6) is 2.36. The van der Waals surface area contributed by atoms with E-state index in [4.69, 9.17) is 9.72 Å². The maximum atomic E-state index is 5.68. The molecule has 1 aliphatic heterocycles. The highest BCUT2D eigenvalue weighted by Gasteiger charge is 2.21. The number of hydrogen-bond donors (Lipinski definition) is 1. The average molecular weight is 346 g/mol. The van der Waals surface area contributed by atoms with Crippen molar-refractivity contribution in [2.45, 2.75) is 26.4 Å². The Kier molecular flexibility index (Phi) is 4.44. The van der Waals surface area contributed by atoms with Gasteiger partial charge < -0.3 is 15.0 Å². The summed E-state index contributed by atoms with van der Waals surface area (Å²) in [6.45, 7) is 4.94. The van der Waals surface area contributed by atoms with Gasteiger partial charge in [-0.25, -0.2) is 4.98 Å². The van der Waals surface area contributed by atoms with Crippen LogP contribution < -0.4 is 15.0 Å². The van der Waals surface area contributed by atoms with E-state index in [1.807, 2.05) is 44.2 Å². The van der Waals surface area contributed by atoms with E-state index in [0.717, 1.165) is 36.2 Å². The Bertz CT molecular complexity index is 893. The molecule has 1 aliphatic rings. The Balaban J connectivity index is 1.52. The molecule has 5 heteroatoms. The summed E-state index contributed by atoms with van der Waals surface area (Å²) in [5.41, 5.74) is 3.50. The molecule has 0 unspecified atom stereocenters. The van der Waals surface area contributed by atoms with Crippen molar-refractivity contribution in [3.05, 3.63) is 66.4 Å². The summed E-state index contributed by atoms with van der Waals surface area (Å²) in [6, 6.07) is 18.2. The van der Waals surface area contributed by atoms with Crippen LogP contribution in [0.4, 0.5) is 23.1 Å². The lowest BCUT2D eigenvalue weighted by Gasteiger charge is -2.18. The maximum absolute atomic E-state index is 5.68. The molecule has 2 aromatic carbocycles. The summed E-state index contributed by atoms with van der Waals surface area (Å²) in [5, 5.41) is 3.34. The van der Waals surface area contributed by atoms with E-state index in [1.54, 1.807) is 6.20 Å². The molecule has 0 atom stereocenters. The van der Waals surface area contributed by atoms with Gasteiger partial charge in [0.05, 0.1) is 6.10 Å². The lowest BCUT2D eigenvalue weighted by Crippen LogP contribution is -2.16. The third kappa shape index (κ3) is 3.47. The van der Waals surface area contributed by atoms with E-state index < -0.39 is 0 Å². The van der Waals surface area contributed by atoms with Crippen LogP contribution in [0.3, 0.4) is 0 Å². The van der Waals surface area contributed by atoms with Gasteiger partial charge >= 0.3 is 0 Å². The Hall–Kier alpha value is -3.08. The number of nitrogens with one attached hydrogen (secondary N) is 1. The van der Waals surface area contributed by atoms with E-state index in [2.05, 4.69) is 39.5 Å². The van der Waals surface area contributed by atoms with Crippen LogP contribution in [-0.2, 0) is 6.42 Å². The zero-order valence-corrected chi connectivity index (χ0v) is 15.0. The Morgan fingerprint density at radius 3 is 2.65 bits per heavy atom. The Morgan fingerprint density at radius 2 is 1.85 bits per heavy atom. The van der Waals surface area contributed by atoms with E-state index in [9.17, 15) is 0 Å². The lowest BCUT2D eigenvalue weighted by molar-refractivity contribution is 0.242. The minimum Gasteiger partial charge on any atom is -0.491 e. The number of rotatable bonds is 5. The van der Waals surface area contributed by atoms with Gasteiger partial charge in [0.25, 0.3) is 0 Å². The molecule has 26 heavy (non-hydrogen) atoms. The van der Waals surface area contributed by atoms with Gasteiger partial charge in [0.2, 0.25) is 5.95 Å². The molecule has 1 N–H and O–H groups in total. The predicted molar refractivity (Wildman–Crippen MR) is 105 cm³/mol. The SMILES string of the molecule is CC(C)Oc1ccc(Nc2ccnc(N3CCc4ccccc43)n2)cc1. The normalized spacial score (nSPS) is 13.0.